The highest BCUT2D eigenvalue weighted by molar-refractivity contribution is 6.53. The summed E-state index contributed by atoms with van der Waals surface area (Å²) in [5.74, 6) is -3.06. The maximum absolute atomic E-state index is 12.9. The number of hydrogen-bond donors (Lipinski definition) is 1. The average molecular weight is 284 g/mol. The van der Waals surface area contributed by atoms with Crippen molar-refractivity contribution >= 4 is 40.8 Å². The molecule has 86 valence electrons. The smallest absolute Gasteiger partial charge is 0.310 e. The number of carboxylic acids is 1. The molecule has 1 N–H and O–H groups in total. The zero-order valence-corrected chi connectivity index (χ0v) is 10.0. The van der Waals surface area contributed by atoms with Crippen LogP contribution in [0.25, 0.3) is 0 Å². The molecule has 6 heteroatoms. The molecule has 0 spiro atoms. The van der Waals surface area contributed by atoms with E-state index in [4.69, 9.17) is 39.9 Å². The Morgan fingerprint density at radius 3 is 2.50 bits per heavy atom. The summed E-state index contributed by atoms with van der Waals surface area (Å²) in [5.41, 5.74) is 0.531. The van der Waals surface area contributed by atoms with E-state index < -0.39 is 28.0 Å². The lowest BCUT2D eigenvalue weighted by Crippen LogP contribution is -2.03. The third kappa shape index (κ3) is 1.77. The summed E-state index contributed by atoms with van der Waals surface area (Å²) in [4.78, 5) is 10.8. The zero-order valence-electron chi connectivity index (χ0n) is 7.75. The second-order valence-electron chi connectivity index (χ2n) is 3.64. The quantitative estimate of drug-likeness (QED) is 0.844. The van der Waals surface area contributed by atoms with Crippen LogP contribution in [0.15, 0.2) is 18.2 Å². The molecule has 1 aromatic carbocycles. The van der Waals surface area contributed by atoms with Crippen molar-refractivity contribution in [1.82, 2.24) is 0 Å². The van der Waals surface area contributed by atoms with Gasteiger partial charge in [-0.05, 0) is 17.7 Å². The first-order valence-corrected chi connectivity index (χ1v) is 5.54. The summed E-state index contributed by atoms with van der Waals surface area (Å²) in [6.07, 6.45) is 0. The summed E-state index contributed by atoms with van der Waals surface area (Å²) in [5, 5.41) is 8.80. The van der Waals surface area contributed by atoms with E-state index >= 15 is 0 Å². The van der Waals surface area contributed by atoms with Gasteiger partial charge in [0.1, 0.15) is 10.2 Å². The van der Waals surface area contributed by atoms with E-state index in [2.05, 4.69) is 0 Å². The minimum Gasteiger partial charge on any atom is -0.481 e. The van der Waals surface area contributed by atoms with Gasteiger partial charge < -0.3 is 5.11 Å². The molecule has 2 atom stereocenters. The van der Waals surface area contributed by atoms with Crippen LogP contribution in [0.5, 0.6) is 0 Å². The van der Waals surface area contributed by atoms with Crippen LogP contribution in [0.3, 0.4) is 0 Å². The SMILES string of the molecule is O=C(O)[C@@H]1C(c2ccc(F)c(Cl)c2)C1(Cl)Cl. The first-order valence-electron chi connectivity index (χ1n) is 4.41. The fourth-order valence-corrected chi connectivity index (χ4v) is 2.76. The minimum atomic E-state index is -1.34. The van der Waals surface area contributed by atoms with Crippen molar-refractivity contribution in [3.8, 4) is 0 Å². The van der Waals surface area contributed by atoms with Crippen LogP contribution in [-0.2, 0) is 4.79 Å². The predicted molar refractivity (Wildman–Crippen MR) is 59.7 cm³/mol. The van der Waals surface area contributed by atoms with Gasteiger partial charge in [-0.1, -0.05) is 40.9 Å². The number of benzene rings is 1. The van der Waals surface area contributed by atoms with Crippen LogP contribution in [0.2, 0.25) is 5.02 Å². The number of carboxylic acid groups (broad SMARTS) is 1. The molecular weight excluding hydrogens is 277 g/mol. The van der Waals surface area contributed by atoms with Crippen LogP contribution in [0, 0.1) is 11.7 Å². The van der Waals surface area contributed by atoms with Crippen molar-refractivity contribution < 1.29 is 14.3 Å². The van der Waals surface area contributed by atoms with Gasteiger partial charge >= 0.3 is 5.97 Å². The predicted octanol–water partition coefficient (Wildman–Crippen LogP) is 3.45. The average Bonchev–Trinajstić information content (AvgIpc) is 2.74. The first-order chi connectivity index (χ1) is 7.35. The molecule has 0 aliphatic heterocycles. The molecule has 1 aliphatic rings. The third-order valence-electron chi connectivity index (χ3n) is 2.62. The van der Waals surface area contributed by atoms with Crippen LogP contribution in [0.4, 0.5) is 4.39 Å². The Kier molecular flexibility index (Phi) is 2.81. The van der Waals surface area contributed by atoms with Crippen LogP contribution < -0.4 is 0 Å². The maximum atomic E-state index is 12.9. The van der Waals surface area contributed by atoms with Gasteiger partial charge in [-0.3, -0.25) is 4.79 Å². The zero-order chi connectivity index (χ0) is 12.1. The highest BCUT2D eigenvalue weighted by Gasteiger charge is 2.68. The number of alkyl halides is 2. The van der Waals surface area contributed by atoms with E-state index in [9.17, 15) is 9.18 Å². The van der Waals surface area contributed by atoms with E-state index in [1.807, 2.05) is 0 Å². The number of rotatable bonds is 2. The van der Waals surface area contributed by atoms with E-state index in [-0.39, 0.29) is 5.02 Å². The normalized spacial score (nSPS) is 26.5. The Labute approximate surface area is 106 Å². The molecular formula is C10H6Cl3FO2. The van der Waals surface area contributed by atoms with Gasteiger partial charge in [0.2, 0.25) is 0 Å². The second kappa shape index (κ2) is 3.76. The van der Waals surface area contributed by atoms with Crippen LogP contribution in [-0.4, -0.2) is 15.4 Å². The van der Waals surface area contributed by atoms with Crippen molar-refractivity contribution in [3.05, 3.63) is 34.6 Å². The topological polar surface area (TPSA) is 37.3 Å². The van der Waals surface area contributed by atoms with Gasteiger partial charge in [-0.2, -0.15) is 0 Å². The lowest BCUT2D eigenvalue weighted by molar-refractivity contribution is -0.138. The standard InChI is InChI=1S/C10H6Cl3FO2/c11-5-3-4(1-2-6(5)14)7-8(9(15)16)10(7,12)13/h1-3,7-8H,(H,15,16)/t7?,8-/m0/s1. The molecule has 0 aromatic heterocycles. The van der Waals surface area contributed by atoms with E-state index in [1.165, 1.54) is 18.2 Å². The van der Waals surface area contributed by atoms with Gasteiger partial charge in [-0.25, -0.2) is 4.39 Å². The Bertz CT molecular complexity index is 461. The van der Waals surface area contributed by atoms with Crippen molar-refractivity contribution in [2.24, 2.45) is 5.92 Å². The fraction of sp³-hybridized carbons (Fsp3) is 0.300. The van der Waals surface area contributed by atoms with Crippen molar-refractivity contribution in [3.63, 3.8) is 0 Å². The number of aliphatic carboxylic acids is 1. The lowest BCUT2D eigenvalue weighted by atomic mass is 10.1. The molecule has 0 amide bonds. The van der Waals surface area contributed by atoms with Crippen LogP contribution >= 0.6 is 34.8 Å². The van der Waals surface area contributed by atoms with E-state index in [1.54, 1.807) is 0 Å². The van der Waals surface area contributed by atoms with Gasteiger partial charge in [0.15, 0.2) is 0 Å². The molecule has 0 heterocycles. The summed E-state index contributed by atoms with van der Waals surface area (Å²) >= 11 is 17.3. The van der Waals surface area contributed by atoms with Crippen LogP contribution in [0.1, 0.15) is 11.5 Å². The van der Waals surface area contributed by atoms with E-state index in [0.29, 0.717) is 5.56 Å². The molecule has 0 bridgehead atoms. The van der Waals surface area contributed by atoms with Crippen molar-refractivity contribution in [1.29, 1.82) is 0 Å². The molecule has 1 unspecified atom stereocenters. The Morgan fingerprint density at radius 2 is 2.06 bits per heavy atom. The molecule has 1 fully saturated rings. The van der Waals surface area contributed by atoms with Gasteiger partial charge in [0.25, 0.3) is 0 Å². The maximum Gasteiger partial charge on any atom is 0.310 e. The largest absolute Gasteiger partial charge is 0.481 e. The number of carbonyl (C=O) groups is 1. The van der Waals surface area contributed by atoms with E-state index in [0.717, 1.165) is 0 Å². The molecule has 0 radical (unpaired) electrons. The summed E-state index contributed by atoms with van der Waals surface area (Å²) < 4.78 is 11.6. The Balaban J connectivity index is 2.33. The molecule has 0 saturated heterocycles. The summed E-state index contributed by atoms with van der Waals surface area (Å²) in [6.45, 7) is 0. The molecule has 1 aromatic rings. The minimum absolute atomic E-state index is 0.0716. The van der Waals surface area contributed by atoms with Crippen molar-refractivity contribution in [2.45, 2.75) is 10.3 Å². The second-order valence-corrected chi connectivity index (χ2v) is 5.49. The lowest BCUT2D eigenvalue weighted by Gasteiger charge is -2.01. The molecule has 16 heavy (non-hydrogen) atoms. The summed E-state index contributed by atoms with van der Waals surface area (Å²) in [7, 11) is 0. The monoisotopic (exact) mass is 282 g/mol. The summed E-state index contributed by atoms with van der Waals surface area (Å²) in [6, 6.07) is 3.96. The fourth-order valence-electron chi connectivity index (χ4n) is 1.75. The number of hydrogen-bond acceptors (Lipinski definition) is 1. The number of halogens is 4. The van der Waals surface area contributed by atoms with Crippen molar-refractivity contribution in [2.75, 3.05) is 0 Å². The van der Waals surface area contributed by atoms with Gasteiger partial charge in [0, 0.05) is 5.92 Å². The highest BCUT2D eigenvalue weighted by atomic mass is 35.5. The van der Waals surface area contributed by atoms with Gasteiger partial charge in [0.05, 0.1) is 10.9 Å². The Morgan fingerprint density at radius 1 is 1.44 bits per heavy atom. The molecule has 2 nitrogen and oxygen atoms in total. The first kappa shape index (κ1) is 12.0. The highest BCUT2D eigenvalue weighted by Crippen LogP contribution is 2.65. The molecule has 1 saturated carbocycles. The third-order valence-corrected chi connectivity index (χ3v) is 3.85. The van der Waals surface area contributed by atoms with Gasteiger partial charge in [-0.15, -0.1) is 0 Å². The molecule has 2 rings (SSSR count). The Hall–Kier alpha value is -0.510. The molecule has 1 aliphatic carbocycles.